The molecule has 10 heteroatoms. The van der Waals surface area contributed by atoms with Crippen molar-refractivity contribution >= 4 is 38.0 Å². The van der Waals surface area contributed by atoms with Gasteiger partial charge >= 0.3 is 0 Å². The fraction of sp³-hybridized carbons (Fsp3) is 0.273. The summed E-state index contributed by atoms with van der Waals surface area (Å²) in [4.78, 5) is 4.92. The minimum atomic E-state index is -3.83. The van der Waals surface area contributed by atoms with Gasteiger partial charge in [0.2, 0.25) is 5.03 Å². The molecule has 0 bridgehead atoms. The molecule has 112 valence electrons. The lowest BCUT2D eigenvalue weighted by atomic mass is 10.5. The average molecular weight is 327 g/mol. The number of rotatable bonds is 6. The van der Waals surface area contributed by atoms with Gasteiger partial charge in [0.25, 0.3) is 10.0 Å². The molecule has 0 fully saturated rings. The van der Waals surface area contributed by atoms with Crippen molar-refractivity contribution < 1.29 is 12.9 Å². The van der Waals surface area contributed by atoms with Crippen LogP contribution in [0.5, 0.6) is 0 Å². The van der Waals surface area contributed by atoms with Crippen LogP contribution in [0.3, 0.4) is 0 Å². The number of thiazole rings is 1. The number of nitrogens with one attached hydrogen (secondary N) is 2. The van der Waals surface area contributed by atoms with Gasteiger partial charge < -0.3 is 9.84 Å². The van der Waals surface area contributed by atoms with Crippen molar-refractivity contribution in [1.29, 1.82) is 0 Å². The molecule has 3 heterocycles. The van der Waals surface area contributed by atoms with Crippen molar-refractivity contribution in [3.05, 3.63) is 23.9 Å². The van der Waals surface area contributed by atoms with E-state index >= 15 is 0 Å². The van der Waals surface area contributed by atoms with Crippen molar-refractivity contribution in [2.75, 3.05) is 16.6 Å². The SMILES string of the molecule is CCCNc1nc2sccn2c1S(=O)(=O)Nc1ccon1. The van der Waals surface area contributed by atoms with Gasteiger partial charge in [0.15, 0.2) is 16.6 Å². The first-order valence-corrected chi connectivity index (χ1v) is 8.60. The fourth-order valence-electron chi connectivity index (χ4n) is 1.83. The fourth-order valence-corrected chi connectivity index (χ4v) is 3.86. The molecule has 2 N–H and O–H groups in total. The van der Waals surface area contributed by atoms with Gasteiger partial charge in [0.1, 0.15) is 6.26 Å². The van der Waals surface area contributed by atoms with Crippen LogP contribution in [0.2, 0.25) is 0 Å². The molecule has 0 atom stereocenters. The average Bonchev–Trinajstić information content (AvgIpc) is 3.10. The summed E-state index contributed by atoms with van der Waals surface area (Å²) in [6, 6.07) is 1.43. The van der Waals surface area contributed by atoms with Crippen LogP contribution in [0.15, 0.2) is 33.5 Å². The highest BCUT2D eigenvalue weighted by molar-refractivity contribution is 7.92. The summed E-state index contributed by atoms with van der Waals surface area (Å²) in [6.07, 6.45) is 3.83. The summed E-state index contributed by atoms with van der Waals surface area (Å²) in [6.45, 7) is 2.63. The summed E-state index contributed by atoms with van der Waals surface area (Å²) in [7, 11) is -3.83. The number of hydrogen-bond donors (Lipinski definition) is 2. The summed E-state index contributed by atoms with van der Waals surface area (Å²) in [5.41, 5.74) is 0. The zero-order chi connectivity index (χ0) is 14.9. The molecular formula is C11H13N5O3S2. The molecule has 3 aromatic rings. The molecule has 0 aliphatic carbocycles. The highest BCUT2D eigenvalue weighted by atomic mass is 32.2. The molecule has 8 nitrogen and oxygen atoms in total. The molecule has 0 aliphatic rings. The number of hydrogen-bond acceptors (Lipinski definition) is 7. The lowest BCUT2D eigenvalue weighted by molar-refractivity contribution is 0.423. The van der Waals surface area contributed by atoms with Gasteiger partial charge in [-0.05, 0) is 6.42 Å². The molecule has 0 unspecified atom stereocenters. The van der Waals surface area contributed by atoms with E-state index in [9.17, 15) is 8.42 Å². The second-order valence-corrected chi connectivity index (χ2v) is 6.71. The first-order chi connectivity index (χ1) is 10.1. The molecular weight excluding hydrogens is 314 g/mol. The molecule has 21 heavy (non-hydrogen) atoms. The number of imidazole rings is 1. The van der Waals surface area contributed by atoms with E-state index in [1.54, 1.807) is 11.6 Å². The molecule has 0 saturated carbocycles. The maximum atomic E-state index is 12.6. The summed E-state index contributed by atoms with van der Waals surface area (Å²) < 4.78 is 33.7. The minimum absolute atomic E-state index is 0.0650. The van der Waals surface area contributed by atoms with E-state index < -0.39 is 10.0 Å². The Bertz CT molecular complexity index is 835. The van der Waals surface area contributed by atoms with E-state index in [2.05, 4.69) is 24.7 Å². The van der Waals surface area contributed by atoms with Crippen molar-refractivity contribution in [3.8, 4) is 0 Å². The van der Waals surface area contributed by atoms with Gasteiger partial charge in [0, 0.05) is 24.2 Å². The van der Waals surface area contributed by atoms with Gasteiger partial charge in [0.05, 0.1) is 0 Å². The lowest BCUT2D eigenvalue weighted by Gasteiger charge is -2.07. The second kappa shape index (κ2) is 5.37. The van der Waals surface area contributed by atoms with Crippen molar-refractivity contribution in [2.24, 2.45) is 0 Å². The van der Waals surface area contributed by atoms with Crippen LogP contribution >= 0.6 is 11.3 Å². The molecule has 3 rings (SSSR count). The topological polar surface area (TPSA) is 102 Å². The number of sulfonamides is 1. The summed E-state index contributed by atoms with van der Waals surface area (Å²) in [5, 5.41) is 8.44. The quantitative estimate of drug-likeness (QED) is 0.718. The van der Waals surface area contributed by atoms with Gasteiger partial charge in [-0.1, -0.05) is 12.1 Å². The predicted octanol–water partition coefficient (Wildman–Crippen LogP) is 2.01. The molecule has 0 aliphatic heterocycles. The third kappa shape index (κ3) is 2.59. The van der Waals surface area contributed by atoms with E-state index in [-0.39, 0.29) is 10.8 Å². The molecule has 3 aromatic heterocycles. The first kappa shape index (κ1) is 13.9. The van der Waals surface area contributed by atoms with Gasteiger partial charge in [-0.3, -0.25) is 9.12 Å². The van der Waals surface area contributed by atoms with Crippen LogP contribution < -0.4 is 10.0 Å². The lowest BCUT2D eigenvalue weighted by Crippen LogP contribution is -2.17. The Hall–Kier alpha value is -2.07. The smallest absolute Gasteiger partial charge is 0.283 e. The Kier molecular flexibility index (Phi) is 3.55. The Morgan fingerprint density at radius 2 is 2.33 bits per heavy atom. The van der Waals surface area contributed by atoms with E-state index in [0.717, 1.165) is 6.42 Å². The largest absolute Gasteiger partial charge is 0.368 e. The Balaban J connectivity index is 2.06. The number of aromatic nitrogens is 3. The van der Waals surface area contributed by atoms with Crippen LogP contribution in [-0.2, 0) is 10.0 Å². The molecule has 0 saturated heterocycles. The van der Waals surface area contributed by atoms with Crippen molar-refractivity contribution in [3.63, 3.8) is 0 Å². The zero-order valence-corrected chi connectivity index (χ0v) is 12.7. The molecule has 0 amide bonds. The van der Waals surface area contributed by atoms with Crippen molar-refractivity contribution in [1.82, 2.24) is 14.5 Å². The standard InChI is InChI=1S/C11H13N5O3S2/c1-2-4-12-9-10(16-5-7-20-11(16)13-9)21(17,18)15-8-3-6-19-14-8/h3,5-7,12H,2,4H2,1H3,(H,14,15). The summed E-state index contributed by atoms with van der Waals surface area (Å²) in [5.74, 6) is 0.460. The van der Waals surface area contributed by atoms with Gasteiger partial charge in [-0.15, -0.1) is 11.3 Å². The molecule has 0 radical (unpaired) electrons. The van der Waals surface area contributed by atoms with Crippen LogP contribution in [0.1, 0.15) is 13.3 Å². The first-order valence-electron chi connectivity index (χ1n) is 6.24. The monoisotopic (exact) mass is 327 g/mol. The third-order valence-corrected chi connectivity index (χ3v) is 4.83. The molecule has 0 spiro atoms. The summed E-state index contributed by atoms with van der Waals surface area (Å²) >= 11 is 1.37. The third-order valence-electron chi connectivity index (χ3n) is 2.69. The van der Waals surface area contributed by atoms with E-state index in [4.69, 9.17) is 0 Å². The second-order valence-electron chi connectivity index (χ2n) is 4.24. The maximum Gasteiger partial charge on any atom is 0.283 e. The Labute approximate surface area is 124 Å². The number of fused-ring (bicyclic) bond motifs is 1. The number of nitrogens with zero attached hydrogens (tertiary/aromatic N) is 3. The van der Waals surface area contributed by atoms with Crippen molar-refractivity contribution in [2.45, 2.75) is 18.4 Å². The normalized spacial score (nSPS) is 11.9. The Morgan fingerprint density at radius 3 is 3.05 bits per heavy atom. The van der Waals surface area contributed by atoms with Crippen LogP contribution in [-0.4, -0.2) is 29.5 Å². The maximum absolute atomic E-state index is 12.6. The minimum Gasteiger partial charge on any atom is -0.368 e. The van der Waals surface area contributed by atoms with E-state index in [1.165, 1.54) is 28.1 Å². The van der Waals surface area contributed by atoms with E-state index in [1.807, 2.05) is 6.92 Å². The van der Waals surface area contributed by atoms with Crippen LogP contribution in [0.4, 0.5) is 11.6 Å². The predicted molar refractivity (Wildman–Crippen MR) is 79.2 cm³/mol. The van der Waals surface area contributed by atoms with Gasteiger partial charge in [-0.2, -0.15) is 8.42 Å². The highest BCUT2D eigenvalue weighted by Crippen LogP contribution is 2.27. The van der Waals surface area contributed by atoms with Crippen LogP contribution in [0.25, 0.3) is 4.96 Å². The van der Waals surface area contributed by atoms with Gasteiger partial charge in [-0.25, -0.2) is 4.98 Å². The van der Waals surface area contributed by atoms with E-state index in [0.29, 0.717) is 17.3 Å². The molecule has 0 aromatic carbocycles. The van der Waals surface area contributed by atoms with Crippen LogP contribution in [0, 0.1) is 0 Å². The number of anilines is 2. The zero-order valence-electron chi connectivity index (χ0n) is 11.1. The highest BCUT2D eigenvalue weighted by Gasteiger charge is 2.26. The Morgan fingerprint density at radius 1 is 1.48 bits per heavy atom.